The van der Waals surface area contributed by atoms with E-state index in [2.05, 4.69) is 43.0 Å². The van der Waals surface area contributed by atoms with Crippen LogP contribution >= 0.6 is 0 Å². The molecule has 0 spiro atoms. The lowest BCUT2D eigenvalue weighted by molar-refractivity contribution is -0.137. The van der Waals surface area contributed by atoms with E-state index in [9.17, 15) is 4.79 Å². The Morgan fingerprint density at radius 1 is 0.905 bits per heavy atom. The first-order chi connectivity index (χ1) is 10.2. The number of hydrogen-bond acceptors (Lipinski definition) is 1. The first-order valence-electron chi connectivity index (χ1n) is 7.55. The smallest absolute Gasteiger partial charge is 0.303 e. The minimum Gasteiger partial charge on any atom is -0.481 e. The highest BCUT2D eigenvalue weighted by Crippen LogP contribution is 2.24. The Morgan fingerprint density at radius 3 is 2.29 bits per heavy atom. The summed E-state index contributed by atoms with van der Waals surface area (Å²) < 4.78 is 0. The van der Waals surface area contributed by atoms with Crippen LogP contribution < -0.4 is 0 Å². The van der Waals surface area contributed by atoms with Crippen LogP contribution in [-0.4, -0.2) is 11.1 Å². The molecule has 21 heavy (non-hydrogen) atoms. The number of hydrogen-bond donors (Lipinski definition) is 1. The van der Waals surface area contributed by atoms with Crippen molar-refractivity contribution < 1.29 is 9.90 Å². The Bertz CT molecular complexity index is 628. The van der Waals surface area contributed by atoms with Crippen molar-refractivity contribution in [2.45, 2.75) is 38.5 Å². The molecule has 2 aromatic carbocycles. The standard InChI is InChI=1S/C19H22O2/c1-15(8-4-2-3-5-11-19(20)21)17-13-12-16-9-6-7-10-18(16)14-17/h6-7,9-10,12-14H,1-5,8,11H2,(H,20,21). The number of allylic oxidation sites excluding steroid dienone is 1. The second-order valence-electron chi connectivity index (χ2n) is 5.47. The molecule has 0 saturated heterocycles. The summed E-state index contributed by atoms with van der Waals surface area (Å²) in [6.45, 7) is 4.18. The number of unbranched alkanes of at least 4 members (excludes halogenated alkanes) is 3. The van der Waals surface area contributed by atoms with Gasteiger partial charge in [0, 0.05) is 6.42 Å². The molecule has 0 amide bonds. The third kappa shape index (κ3) is 4.75. The molecule has 0 aliphatic carbocycles. The fourth-order valence-corrected chi connectivity index (χ4v) is 2.52. The lowest BCUT2D eigenvalue weighted by Crippen LogP contribution is -1.93. The largest absolute Gasteiger partial charge is 0.481 e. The van der Waals surface area contributed by atoms with Gasteiger partial charge < -0.3 is 5.11 Å². The number of aliphatic carboxylic acids is 1. The molecular formula is C19H22O2. The average Bonchev–Trinajstić information content (AvgIpc) is 2.49. The molecule has 2 nitrogen and oxygen atoms in total. The topological polar surface area (TPSA) is 37.3 Å². The van der Waals surface area contributed by atoms with Crippen LogP contribution in [0.2, 0.25) is 0 Å². The van der Waals surface area contributed by atoms with E-state index < -0.39 is 5.97 Å². The molecule has 0 fully saturated rings. The first kappa shape index (κ1) is 15.3. The molecule has 0 unspecified atom stereocenters. The highest BCUT2D eigenvalue weighted by molar-refractivity contribution is 5.86. The molecule has 0 heterocycles. The fraction of sp³-hybridized carbons (Fsp3) is 0.316. The lowest BCUT2D eigenvalue weighted by Gasteiger charge is -2.07. The molecule has 2 heteroatoms. The van der Waals surface area contributed by atoms with Gasteiger partial charge in [0.25, 0.3) is 0 Å². The van der Waals surface area contributed by atoms with Gasteiger partial charge in [0.1, 0.15) is 0 Å². The third-order valence-electron chi connectivity index (χ3n) is 3.78. The van der Waals surface area contributed by atoms with Crippen molar-refractivity contribution in [1.82, 2.24) is 0 Å². The van der Waals surface area contributed by atoms with Crippen molar-refractivity contribution in [3.05, 3.63) is 54.6 Å². The second-order valence-corrected chi connectivity index (χ2v) is 5.47. The van der Waals surface area contributed by atoms with E-state index in [1.165, 1.54) is 21.9 Å². The Balaban J connectivity index is 1.80. The zero-order chi connectivity index (χ0) is 15.1. The van der Waals surface area contributed by atoms with Crippen LogP contribution in [-0.2, 0) is 4.79 Å². The van der Waals surface area contributed by atoms with Gasteiger partial charge in [-0.3, -0.25) is 4.79 Å². The van der Waals surface area contributed by atoms with Crippen LogP contribution in [0.5, 0.6) is 0 Å². The number of fused-ring (bicyclic) bond motifs is 1. The van der Waals surface area contributed by atoms with Gasteiger partial charge in [-0.15, -0.1) is 0 Å². The molecule has 0 aliphatic heterocycles. The first-order valence-corrected chi connectivity index (χ1v) is 7.55. The summed E-state index contributed by atoms with van der Waals surface area (Å²) in [5.41, 5.74) is 2.37. The van der Waals surface area contributed by atoms with E-state index in [1.54, 1.807) is 0 Å². The molecule has 0 aliphatic rings. The minimum atomic E-state index is -0.699. The predicted octanol–water partition coefficient (Wildman–Crippen LogP) is 5.28. The lowest BCUT2D eigenvalue weighted by atomic mass is 9.98. The van der Waals surface area contributed by atoms with E-state index in [4.69, 9.17) is 5.11 Å². The summed E-state index contributed by atoms with van der Waals surface area (Å²) in [6.07, 6.45) is 5.16. The van der Waals surface area contributed by atoms with Crippen molar-refractivity contribution >= 4 is 22.3 Å². The van der Waals surface area contributed by atoms with Gasteiger partial charge in [-0.05, 0) is 47.2 Å². The average molecular weight is 282 g/mol. The number of benzene rings is 2. The fourth-order valence-electron chi connectivity index (χ4n) is 2.52. The van der Waals surface area contributed by atoms with Crippen LogP contribution in [0.4, 0.5) is 0 Å². The number of carbonyl (C=O) groups is 1. The second kappa shape index (κ2) is 7.63. The highest BCUT2D eigenvalue weighted by Gasteiger charge is 2.02. The highest BCUT2D eigenvalue weighted by atomic mass is 16.4. The maximum absolute atomic E-state index is 10.4. The van der Waals surface area contributed by atoms with Crippen LogP contribution in [0.25, 0.3) is 16.3 Å². The maximum atomic E-state index is 10.4. The molecule has 110 valence electrons. The van der Waals surface area contributed by atoms with E-state index in [1.807, 2.05) is 6.07 Å². The summed E-state index contributed by atoms with van der Waals surface area (Å²) in [5, 5.41) is 11.1. The van der Waals surface area contributed by atoms with Crippen molar-refractivity contribution in [2.75, 3.05) is 0 Å². The summed E-state index contributed by atoms with van der Waals surface area (Å²) in [7, 11) is 0. The van der Waals surface area contributed by atoms with Crippen LogP contribution in [0.1, 0.15) is 44.1 Å². The Kier molecular flexibility index (Phi) is 5.56. The zero-order valence-electron chi connectivity index (χ0n) is 12.3. The van der Waals surface area contributed by atoms with E-state index >= 15 is 0 Å². The van der Waals surface area contributed by atoms with Gasteiger partial charge in [-0.1, -0.05) is 55.8 Å². The monoisotopic (exact) mass is 282 g/mol. The zero-order valence-corrected chi connectivity index (χ0v) is 12.3. The maximum Gasteiger partial charge on any atom is 0.303 e. The number of carboxylic acids is 1. The Labute approximate surface area is 126 Å². The minimum absolute atomic E-state index is 0.283. The molecule has 0 saturated carbocycles. The normalized spacial score (nSPS) is 10.7. The van der Waals surface area contributed by atoms with Gasteiger partial charge in [0.05, 0.1) is 0 Å². The van der Waals surface area contributed by atoms with Crippen LogP contribution in [0.3, 0.4) is 0 Å². The summed E-state index contributed by atoms with van der Waals surface area (Å²) in [6, 6.07) is 14.8. The SMILES string of the molecule is C=C(CCCCCCC(=O)O)c1ccc2ccccc2c1. The summed E-state index contributed by atoms with van der Waals surface area (Å²) >= 11 is 0. The van der Waals surface area contributed by atoms with Crippen LogP contribution in [0, 0.1) is 0 Å². The van der Waals surface area contributed by atoms with Gasteiger partial charge in [0.15, 0.2) is 0 Å². The molecule has 0 bridgehead atoms. The number of carboxylic acid groups (broad SMARTS) is 1. The van der Waals surface area contributed by atoms with E-state index in [0.717, 1.165) is 32.1 Å². The van der Waals surface area contributed by atoms with Crippen molar-refractivity contribution in [1.29, 1.82) is 0 Å². The summed E-state index contributed by atoms with van der Waals surface area (Å²) in [4.78, 5) is 10.4. The van der Waals surface area contributed by atoms with E-state index in [-0.39, 0.29) is 6.42 Å². The quantitative estimate of drug-likeness (QED) is 0.669. The molecule has 2 rings (SSSR count). The van der Waals surface area contributed by atoms with Gasteiger partial charge in [-0.2, -0.15) is 0 Å². The molecule has 2 aromatic rings. The molecule has 0 atom stereocenters. The molecule has 1 N–H and O–H groups in total. The Hall–Kier alpha value is -2.09. The molecular weight excluding hydrogens is 260 g/mol. The van der Waals surface area contributed by atoms with Gasteiger partial charge in [0.2, 0.25) is 0 Å². The molecule has 0 aromatic heterocycles. The van der Waals surface area contributed by atoms with Crippen molar-refractivity contribution in [3.63, 3.8) is 0 Å². The van der Waals surface area contributed by atoms with Crippen LogP contribution in [0.15, 0.2) is 49.0 Å². The van der Waals surface area contributed by atoms with Gasteiger partial charge >= 0.3 is 5.97 Å². The van der Waals surface area contributed by atoms with Crippen molar-refractivity contribution in [3.8, 4) is 0 Å². The van der Waals surface area contributed by atoms with E-state index in [0.29, 0.717) is 0 Å². The molecule has 0 radical (unpaired) electrons. The van der Waals surface area contributed by atoms with Gasteiger partial charge in [-0.25, -0.2) is 0 Å². The predicted molar refractivity (Wildman–Crippen MR) is 88.3 cm³/mol. The van der Waals surface area contributed by atoms with Crippen molar-refractivity contribution in [2.24, 2.45) is 0 Å². The third-order valence-corrected chi connectivity index (χ3v) is 3.78. The Morgan fingerprint density at radius 2 is 1.57 bits per heavy atom. The summed E-state index contributed by atoms with van der Waals surface area (Å²) in [5.74, 6) is -0.699. The number of rotatable bonds is 8.